The van der Waals surface area contributed by atoms with E-state index in [0.717, 1.165) is 32.4 Å². The van der Waals surface area contributed by atoms with Gasteiger partial charge in [0, 0.05) is 32.0 Å². The molecule has 0 spiro atoms. The molecule has 1 fully saturated rings. The maximum atomic E-state index is 11.5. The van der Waals surface area contributed by atoms with E-state index < -0.39 is 0 Å². The predicted molar refractivity (Wildman–Crippen MR) is 56.3 cm³/mol. The van der Waals surface area contributed by atoms with Crippen LogP contribution in [-0.4, -0.2) is 41.5 Å². The average Bonchev–Trinajstić information content (AvgIpc) is 2.19. The van der Waals surface area contributed by atoms with Gasteiger partial charge in [-0.25, -0.2) is 0 Å². The van der Waals surface area contributed by atoms with E-state index in [1.807, 2.05) is 4.90 Å². The molecule has 14 heavy (non-hydrogen) atoms. The SMILES string of the molecule is O=C(CCCl)N1CCCC(CCO)C1. The fourth-order valence-electron chi connectivity index (χ4n) is 1.95. The second-order valence-electron chi connectivity index (χ2n) is 3.80. The molecule has 0 radical (unpaired) electrons. The first kappa shape index (κ1) is 11.8. The van der Waals surface area contributed by atoms with Crippen molar-refractivity contribution in [1.29, 1.82) is 0 Å². The number of piperidine rings is 1. The summed E-state index contributed by atoms with van der Waals surface area (Å²) in [5, 5.41) is 8.82. The molecule has 1 atom stereocenters. The fourth-order valence-corrected chi connectivity index (χ4v) is 2.11. The lowest BCUT2D eigenvalue weighted by atomic mass is 9.95. The number of halogens is 1. The topological polar surface area (TPSA) is 40.5 Å². The Labute approximate surface area is 90.0 Å². The number of carbonyl (C=O) groups excluding carboxylic acids is 1. The smallest absolute Gasteiger partial charge is 0.223 e. The van der Waals surface area contributed by atoms with Gasteiger partial charge in [-0.1, -0.05) is 0 Å². The third-order valence-corrected chi connectivity index (χ3v) is 2.91. The van der Waals surface area contributed by atoms with Crippen LogP contribution in [0, 0.1) is 5.92 Å². The zero-order valence-corrected chi connectivity index (χ0v) is 9.17. The van der Waals surface area contributed by atoms with Gasteiger partial charge in [-0.3, -0.25) is 4.79 Å². The molecule has 0 aromatic rings. The van der Waals surface area contributed by atoms with Gasteiger partial charge >= 0.3 is 0 Å². The maximum absolute atomic E-state index is 11.5. The molecule has 1 N–H and O–H groups in total. The van der Waals surface area contributed by atoms with Crippen molar-refractivity contribution in [3.8, 4) is 0 Å². The molecule has 3 nitrogen and oxygen atoms in total. The van der Waals surface area contributed by atoms with Gasteiger partial charge < -0.3 is 10.0 Å². The van der Waals surface area contributed by atoms with Crippen molar-refractivity contribution < 1.29 is 9.90 Å². The molecule has 0 aromatic carbocycles. The van der Waals surface area contributed by atoms with Gasteiger partial charge in [-0.2, -0.15) is 0 Å². The van der Waals surface area contributed by atoms with Gasteiger partial charge in [0.25, 0.3) is 0 Å². The molecule has 4 heteroatoms. The summed E-state index contributed by atoms with van der Waals surface area (Å²) >= 11 is 5.53. The van der Waals surface area contributed by atoms with Gasteiger partial charge in [-0.05, 0) is 25.2 Å². The molecular weight excluding hydrogens is 202 g/mol. The van der Waals surface area contributed by atoms with Crippen molar-refractivity contribution in [3.05, 3.63) is 0 Å². The number of alkyl halides is 1. The van der Waals surface area contributed by atoms with Crippen LogP contribution in [0.1, 0.15) is 25.7 Å². The van der Waals surface area contributed by atoms with Crippen LogP contribution in [0.2, 0.25) is 0 Å². The van der Waals surface area contributed by atoms with E-state index in [2.05, 4.69) is 0 Å². The number of amides is 1. The lowest BCUT2D eigenvalue weighted by molar-refractivity contribution is -0.132. The number of likely N-dealkylation sites (tertiary alicyclic amines) is 1. The Kier molecular flexibility index (Phi) is 5.26. The molecule has 1 aliphatic heterocycles. The van der Waals surface area contributed by atoms with Crippen molar-refractivity contribution in [3.63, 3.8) is 0 Å². The van der Waals surface area contributed by atoms with Crippen LogP contribution in [-0.2, 0) is 4.79 Å². The second-order valence-corrected chi connectivity index (χ2v) is 4.18. The highest BCUT2D eigenvalue weighted by molar-refractivity contribution is 6.18. The highest BCUT2D eigenvalue weighted by atomic mass is 35.5. The zero-order valence-electron chi connectivity index (χ0n) is 8.41. The largest absolute Gasteiger partial charge is 0.396 e. The minimum Gasteiger partial charge on any atom is -0.396 e. The highest BCUT2D eigenvalue weighted by Crippen LogP contribution is 2.19. The van der Waals surface area contributed by atoms with Gasteiger partial charge in [-0.15, -0.1) is 11.6 Å². The van der Waals surface area contributed by atoms with E-state index in [0.29, 0.717) is 18.2 Å². The molecule has 0 aliphatic carbocycles. The van der Waals surface area contributed by atoms with Crippen LogP contribution < -0.4 is 0 Å². The molecule has 1 aliphatic rings. The fraction of sp³-hybridized carbons (Fsp3) is 0.900. The van der Waals surface area contributed by atoms with Crippen LogP contribution in [0.4, 0.5) is 0 Å². The number of nitrogens with zero attached hydrogens (tertiary/aromatic N) is 1. The predicted octanol–water partition coefficient (Wildman–Crippen LogP) is 1.24. The third kappa shape index (κ3) is 3.46. The standard InChI is InChI=1S/C10H18ClNO2/c11-5-3-10(14)12-6-1-2-9(8-12)4-7-13/h9,13H,1-8H2. The molecule has 1 unspecified atom stereocenters. The minimum absolute atomic E-state index is 0.155. The zero-order chi connectivity index (χ0) is 10.4. The van der Waals surface area contributed by atoms with Crippen LogP contribution in [0.15, 0.2) is 0 Å². The molecule has 0 saturated carbocycles. The summed E-state index contributed by atoms with van der Waals surface area (Å²) < 4.78 is 0. The lowest BCUT2D eigenvalue weighted by Crippen LogP contribution is -2.40. The number of rotatable bonds is 4. The Hall–Kier alpha value is -0.280. The number of aliphatic hydroxyl groups excluding tert-OH is 1. The van der Waals surface area contributed by atoms with E-state index in [-0.39, 0.29) is 12.5 Å². The summed E-state index contributed by atoms with van der Waals surface area (Å²) in [7, 11) is 0. The van der Waals surface area contributed by atoms with E-state index >= 15 is 0 Å². The summed E-state index contributed by atoms with van der Waals surface area (Å²) in [6, 6.07) is 0. The molecule has 1 amide bonds. The van der Waals surface area contributed by atoms with Crippen LogP contribution in [0.3, 0.4) is 0 Å². The number of aliphatic hydroxyl groups is 1. The molecule has 1 rings (SSSR count). The monoisotopic (exact) mass is 219 g/mol. The quantitative estimate of drug-likeness (QED) is 0.723. The molecular formula is C10H18ClNO2. The molecule has 1 saturated heterocycles. The maximum Gasteiger partial charge on any atom is 0.223 e. The van der Waals surface area contributed by atoms with E-state index in [1.54, 1.807) is 0 Å². The van der Waals surface area contributed by atoms with Gasteiger partial charge in [0.2, 0.25) is 5.91 Å². The van der Waals surface area contributed by atoms with Crippen molar-refractivity contribution in [2.24, 2.45) is 5.92 Å². The Morgan fingerprint density at radius 2 is 2.36 bits per heavy atom. The first-order valence-electron chi connectivity index (χ1n) is 5.22. The lowest BCUT2D eigenvalue weighted by Gasteiger charge is -2.32. The summed E-state index contributed by atoms with van der Waals surface area (Å²) in [6.45, 7) is 1.89. The third-order valence-electron chi connectivity index (χ3n) is 2.72. The first-order valence-corrected chi connectivity index (χ1v) is 5.76. The van der Waals surface area contributed by atoms with Crippen molar-refractivity contribution in [2.45, 2.75) is 25.7 Å². The van der Waals surface area contributed by atoms with E-state index in [4.69, 9.17) is 16.7 Å². The molecule has 1 heterocycles. The van der Waals surface area contributed by atoms with Crippen molar-refractivity contribution >= 4 is 17.5 Å². The summed E-state index contributed by atoms with van der Waals surface area (Å²) in [6.07, 6.45) is 3.43. The molecule has 0 bridgehead atoms. The summed E-state index contributed by atoms with van der Waals surface area (Å²) in [5.74, 6) is 1.04. The minimum atomic E-state index is 0.155. The first-order chi connectivity index (χ1) is 6.77. The molecule has 82 valence electrons. The Morgan fingerprint density at radius 1 is 1.57 bits per heavy atom. The van der Waals surface area contributed by atoms with E-state index in [9.17, 15) is 4.79 Å². The Morgan fingerprint density at radius 3 is 3.00 bits per heavy atom. The number of hydrogen-bond donors (Lipinski definition) is 1. The van der Waals surface area contributed by atoms with Crippen molar-refractivity contribution in [1.82, 2.24) is 4.90 Å². The second kappa shape index (κ2) is 6.25. The average molecular weight is 220 g/mol. The Bertz CT molecular complexity index is 185. The van der Waals surface area contributed by atoms with Crippen LogP contribution in [0.25, 0.3) is 0 Å². The Balaban J connectivity index is 2.35. The van der Waals surface area contributed by atoms with Gasteiger partial charge in [0.1, 0.15) is 0 Å². The van der Waals surface area contributed by atoms with Crippen LogP contribution >= 0.6 is 11.6 Å². The number of hydrogen-bond acceptors (Lipinski definition) is 2. The van der Waals surface area contributed by atoms with Gasteiger partial charge in [0.05, 0.1) is 0 Å². The highest BCUT2D eigenvalue weighted by Gasteiger charge is 2.22. The summed E-state index contributed by atoms with van der Waals surface area (Å²) in [4.78, 5) is 13.4. The number of carbonyl (C=O) groups is 1. The summed E-state index contributed by atoms with van der Waals surface area (Å²) in [5.41, 5.74) is 0. The van der Waals surface area contributed by atoms with Crippen LogP contribution in [0.5, 0.6) is 0 Å². The normalized spacial score (nSPS) is 22.4. The van der Waals surface area contributed by atoms with E-state index in [1.165, 1.54) is 0 Å². The molecule has 0 aromatic heterocycles. The van der Waals surface area contributed by atoms with Gasteiger partial charge in [0.15, 0.2) is 0 Å². The van der Waals surface area contributed by atoms with Crippen molar-refractivity contribution in [2.75, 3.05) is 25.6 Å².